The van der Waals surface area contributed by atoms with Gasteiger partial charge < -0.3 is 15.4 Å². The first-order chi connectivity index (χ1) is 8.58. The molecule has 1 saturated heterocycles. The van der Waals surface area contributed by atoms with Gasteiger partial charge in [-0.1, -0.05) is 13.3 Å². The summed E-state index contributed by atoms with van der Waals surface area (Å²) in [6.45, 7) is 8.36. The van der Waals surface area contributed by atoms with E-state index in [1.54, 1.807) is 0 Å². The minimum Gasteiger partial charge on any atom is -0.375 e. The molecule has 0 radical (unpaired) electrons. The zero-order chi connectivity index (χ0) is 13.5. The summed E-state index contributed by atoms with van der Waals surface area (Å²) >= 11 is 0. The Morgan fingerprint density at radius 2 is 2.17 bits per heavy atom. The molecule has 0 aliphatic carbocycles. The van der Waals surface area contributed by atoms with Crippen LogP contribution in [0.15, 0.2) is 0 Å². The van der Waals surface area contributed by atoms with Gasteiger partial charge in [-0.2, -0.15) is 0 Å². The second kappa shape index (κ2) is 7.74. The van der Waals surface area contributed by atoms with Crippen LogP contribution in [0, 0.1) is 5.92 Å². The first-order valence-electron chi connectivity index (χ1n) is 7.19. The SMILES string of the molecule is CCC(CCN)CCC(=O)N1CC(C)OCC1C. The molecule has 1 fully saturated rings. The molecule has 1 rings (SSSR count). The Morgan fingerprint density at radius 1 is 1.44 bits per heavy atom. The minimum atomic E-state index is 0.163. The summed E-state index contributed by atoms with van der Waals surface area (Å²) in [5, 5.41) is 0. The Morgan fingerprint density at radius 3 is 2.78 bits per heavy atom. The molecular weight excluding hydrogens is 228 g/mol. The highest BCUT2D eigenvalue weighted by atomic mass is 16.5. The van der Waals surface area contributed by atoms with E-state index >= 15 is 0 Å². The van der Waals surface area contributed by atoms with Gasteiger partial charge in [0, 0.05) is 13.0 Å². The van der Waals surface area contributed by atoms with Crippen molar-refractivity contribution in [3.63, 3.8) is 0 Å². The van der Waals surface area contributed by atoms with Crippen LogP contribution in [0.3, 0.4) is 0 Å². The third-order valence-electron chi connectivity index (χ3n) is 3.85. The fourth-order valence-electron chi connectivity index (χ4n) is 2.51. The maximum absolute atomic E-state index is 12.2. The lowest BCUT2D eigenvalue weighted by atomic mass is 9.96. The minimum absolute atomic E-state index is 0.163. The second-order valence-electron chi connectivity index (χ2n) is 5.43. The standard InChI is InChI=1S/C14H28N2O2/c1-4-13(7-8-15)5-6-14(17)16-9-12(3)18-10-11(16)2/h11-13H,4-10,15H2,1-3H3. The van der Waals surface area contributed by atoms with Crippen molar-refractivity contribution in [1.29, 1.82) is 0 Å². The van der Waals surface area contributed by atoms with Crippen LogP contribution in [0.1, 0.15) is 46.5 Å². The molecule has 1 heterocycles. The molecular formula is C14H28N2O2. The maximum Gasteiger partial charge on any atom is 0.222 e. The molecule has 1 aliphatic heterocycles. The first kappa shape index (κ1) is 15.4. The predicted octanol–water partition coefficient (Wildman–Crippen LogP) is 1.78. The van der Waals surface area contributed by atoms with E-state index in [9.17, 15) is 4.79 Å². The van der Waals surface area contributed by atoms with Crippen molar-refractivity contribution in [2.24, 2.45) is 11.7 Å². The highest BCUT2D eigenvalue weighted by Crippen LogP contribution is 2.18. The lowest BCUT2D eigenvalue weighted by molar-refractivity contribution is -0.143. The fraction of sp³-hybridized carbons (Fsp3) is 0.929. The van der Waals surface area contributed by atoms with Gasteiger partial charge in [0.05, 0.1) is 18.8 Å². The van der Waals surface area contributed by atoms with E-state index in [0.29, 0.717) is 18.9 Å². The van der Waals surface area contributed by atoms with Crippen molar-refractivity contribution in [3.8, 4) is 0 Å². The Bertz CT molecular complexity index is 258. The van der Waals surface area contributed by atoms with Crippen LogP contribution < -0.4 is 5.73 Å². The lowest BCUT2D eigenvalue weighted by Crippen LogP contribution is -2.50. The van der Waals surface area contributed by atoms with Gasteiger partial charge in [-0.15, -0.1) is 0 Å². The number of ether oxygens (including phenoxy) is 1. The van der Waals surface area contributed by atoms with E-state index < -0.39 is 0 Å². The number of rotatable bonds is 6. The number of carbonyl (C=O) groups excluding carboxylic acids is 1. The predicted molar refractivity (Wildman–Crippen MR) is 73.3 cm³/mol. The van der Waals surface area contributed by atoms with Crippen molar-refractivity contribution in [2.75, 3.05) is 19.7 Å². The number of amides is 1. The van der Waals surface area contributed by atoms with Crippen LogP contribution in [-0.4, -0.2) is 42.6 Å². The van der Waals surface area contributed by atoms with E-state index in [4.69, 9.17) is 10.5 Å². The quantitative estimate of drug-likeness (QED) is 0.788. The van der Waals surface area contributed by atoms with Crippen molar-refractivity contribution >= 4 is 5.91 Å². The summed E-state index contributed by atoms with van der Waals surface area (Å²) in [4.78, 5) is 14.2. The number of morpholine rings is 1. The Labute approximate surface area is 111 Å². The molecule has 4 heteroatoms. The summed E-state index contributed by atoms with van der Waals surface area (Å²) in [5.74, 6) is 0.862. The van der Waals surface area contributed by atoms with Crippen molar-refractivity contribution in [1.82, 2.24) is 4.90 Å². The topological polar surface area (TPSA) is 55.6 Å². The maximum atomic E-state index is 12.2. The number of hydrogen-bond acceptors (Lipinski definition) is 3. The van der Waals surface area contributed by atoms with Crippen LogP contribution in [0.2, 0.25) is 0 Å². The Balaban J connectivity index is 2.39. The molecule has 0 saturated carbocycles. The van der Waals surface area contributed by atoms with Gasteiger partial charge in [-0.05, 0) is 39.2 Å². The summed E-state index contributed by atoms with van der Waals surface area (Å²) in [7, 11) is 0. The molecule has 0 aromatic carbocycles. The van der Waals surface area contributed by atoms with E-state index in [0.717, 1.165) is 32.4 Å². The van der Waals surface area contributed by atoms with Gasteiger partial charge in [0.25, 0.3) is 0 Å². The van der Waals surface area contributed by atoms with Crippen molar-refractivity contribution in [3.05, 3.63) is 0 Å². The molecule has 0 aromatic heterocycles. The van der Waals surface area contributed by atoms with Crippen molar-refractivity contribution in [2.45, 2.75) is 58.6 Å². The number of hydrogen-bond donors (Lipinski definition) is 1. The van der Waals surface area contributed by atoms with Gasteiger partial charge in [-0.3, -0.25) is 4.79 Å². The van der Waals surface area contributed by atoms with Gasteiger partial charge in [0.1, 0.15) is 0 Å². The third kappa shape index (κ3) is 4.58. The van der Waals surface area contributed by atoms with E-state index in [-0.39, 0.29) is 18.1 Å². The molecule has 1 aliphatic rings. The molecule has 0 spiro atoms. The van der Waals surface area contributed by atoms with Gasteiger partial charge in [0.2, 0.25) is 5.91 Å². The average molecular weight is 256 g/mol. The molecule has 18 heavy (non-hydrogen) atoms. The van der Waals surface area contributed by atoms with Crippen molar-refractivity contribution < 1.29 is 9.53 Å². The van der Waals surface area contributed by atoms with Crippen LogP contribution in [0.25, 0.3) is 0 Å². The summed E-state index contributed by atoms with van der Waals surface area (Å²) < 4.78 is 5.55. The average Bonchev–Trinajstić information content (AvgIpc) is 2.37. The monoisotopic (exact) mass is 256 g/mol. The summed E-state index contributed by atoms with van der Waals surface area (Å²) in [6, 6.07) is 0.211. The lowest BCUT2D eigenvalue weighted by Gasteiger charge is -2.37. The number of carbonyl (C=O) groups is 1. The number of nitrogens with zero attached hydrogens (tertiary/aromatic N) is 1. The van der Waals surface area contributed by atoms with Crippen LogP contribution in [-0.2, 0) is 9.53 Å². The molecule has 3 atom stereocenters. The normalized spacial score (nSPS) is 26.1. The first-order valence-corrected chi connectivity index (χ1v) is 7.19. The van der Waals surface area contributed by atoms with Crippen LogP contribution in [0.5, 0.6) is 0 Å². The smallest absolute Gasteiger partial charge is 0.222 e. The fourth-order valence-corrected chi connectivity index (χ4v) is 2.51. The van der Waals surface area contributed by atoms with Crippen LogP contribution in [0.4, 0.5) is 0 Å². The molecule has 4 nitrogen and oxygen atoms in total. The summed E-state index contributed by atoms with van der Waals surface area (Å²) in [5.41, 5.74) is 5.58. The Kier molecular flexibility index (Phi) is 6.65. The molecule has 3 unspecified atom stereocenters. The molecule has 106 valence electrons. The van der Waals surface area contributed by atoms with E-state index in [1.807, 2.05) is 11.8 Å². The van der Waals surface area contributed by atoms with E-state index in [2.05, 4.69) is 13.8 Å². The Hall–Kier alpha value is -0.610. The highest BCUT2D eigenvalue weighted by molar-refractivity contribution is 5.76. The second-order valence-corrected chi connectivity index (χ2v) is 5.43. The zero-order valence-electron chi connectivity index (χ0n) is 12.0. The third-order valence-corrected chi connectivity index (χ3v) is 3.85. The van der Waals surface area contributed by atoms with Crippen LogP contribution >= 0.6 is 0 Å². The largest absolute Gasteiger partial charge is 0.375 e. The zero-order valence-corrected chi connectivity index (χ0v) is 12.0. The van der Waals surface area contributed by atoms with Gasteiger partial charge >= 0.3 is 0 Å². The molecule has 0 aromatic rings. The number of nitrogens with two attached hydrogens (primary N) is 1. The summed E-state index contributed by atoms with van der Waals surface area (Å²) in [6.07, 6.45) is 3.91. The van der Waals surface area contributed by atoms with E-state index in [1.165, 1.54) is 0 Å². The highest BCUT2D eigenvalue weighted by Gasteiger charge is 2.27. The molecule has 2 N–H and O–H groups in total. The van der Waals surface area contributed by atoms with Gasteiger partial charge in [0.15, 0.2) is 0 Å². The molecule has 0 bridgehead atoms. The molecule has 1 amide bonds. The van der Waals surface area contributed by atoms with Gasteiger partial charge in [-0.25, -0.2) is 0 Å².